The lowest BCUT2D eigenvalue weighted by Crippen LogP contribution is -2.52. The van der Waals surface area contributed by atoms with E-state index in [2.05, 4.69) is 5.10 Å². The average Bonchev–Trinajstić information content (AvgIpc) is 3.15. The molecule has 0 atom stereocenters. The van der Waals surface area contributed by atoms with Gasteiger partial charge in [0.05, 0.1) is 25.4 Å². The van der Waals surface area contributed by atoms with E-state index in [0.29, 0.717) is 22.3 Å². The van der Waals surface area contributed by atoms with Crippen molar-refractivity contribution in [1.29, 1.82) is 0 Å². The summed E-state index contributed by atoms with van der Waals surface area (Å²) in [7, 11) is 1.57. The molecule has 2 aromatic carbocycles. The molecule has 9 nitrogen and oxygen atoms in total. The van der Waals surface area contributed by atoms with Gasteiger partial charge in [0, 0.05) is 24.0 Å². The number of carbonyl (C=O) groups is 3. The SMILES string of the molecule is COc1ccc(CN2C(=O)CCN(c3ccc4cnn(C(=O)O)c4c3)C2=O)cc1. The lowest BCUT2D eigenvalue weighted by Gasteiger charge is -2.34. The number of nitrogens with zero attached hydrogens (tertiary/aromatic N) is 4. The summed E-state index contributed by atoms with van der Waals surface area (Å²) in [5.74, 6) is 0.439. The molecule has 3 amide bonds. The highest BCUT2D eigenvalue weighted by atomic mass is 16.5. The normalized spacial score (nSPS) is 14.5. The van der Waals surface area contributed by atoms with Gasteiger partial charge in [0.25, 0.3) is 0 Å². The van der Waals surface area contributed by atoms with E-state index in [1.54, 1.807) is 49.6 Å². The Kier molecular flexibility index (Phi) is 4.63. The first-order valence-corrected chi connectivity index (χ1v) is 8.94. The molecule has 0 unspecified atom stereocenters. The molecule has 1 aliphatic rings. The molecule has 0 saturated carbocycles. The van der Waals surface area contributed by atoms with Crippen LogP contribution in [0.5, 0.6) is 5.75 Å². The minimum absolute atomic E-state index is 0.146. The Balaban J connectivity index is 1.62. The standard InChI is InChI=1S/C20H18N4O5/c1-29-16-6-2-13(3-7-16)12-23-18(25)8-9-22(19(23)26)15-5-4-14-11-21-24(20(27)28)17(14)10-15/h2-7,10-11H,8-9,12H2,1H3,(H,27,28). The number of hydrogen-bond acceptors (Lipinski definition) is 5. The zero-order valence-corrected chi connectivity index (χ0v) is 15.6. The summed E-state index contributed by atoms with van der Waals surface area (Å²) in [6, 6.07) is 11.7. The van der Waals surface area contributed by atoms with Crippen LogP contribution in [-0.2, 0) is 11.3 Å². The van der Waals surface area contributed by atoms with Crippen molar-refractivity contribution >= 4 is 34.6 Å². The first-order chi connectivity index (χ1) is 14.0. The van der Waals surface area contributed by atoms with Gasteiger partial charge in [-0.05, 0) is 35.9 Å². The molecule has 0 radical (unpaired) electrons. The molecule has 9 heteroatoms. The number of fused-ring (bicyclic) bond motifs is 1. The van der Waals surface area contributed by atoms with Gasteiger partial charge in [-0.2, -0.15) is 9.78 Å². The third kappa shape index (κ3) is 3.38. The number of carbonyl (C=O) groups excluding carboxylic acids is 2. The van der Waals surface area contributed by atoms with Gasteiger partial charge >= 0.3 is 12.1 Å². The number of methoxy groups -OCH3 is 1. The number of aromatic nitrogens is 2. The fourth-order valence-electron chi connectivity index (χ4n) is 3.33. The average molecular weight is 394 g/mol. The fraction of sp³-hybridized carbons (Fsp3) is 0.200. The van der Waals surface area contributed by atoms with Crippen molar-refractivity contribution in [3.63, 3.8) is 0 Å². The van der Waals surface area contributed by atoms with Gasteiger partial charge in [0.2, 0.25) is 5.91 Å². The molecule has 1 N–H and O–H groups in total. The predicted molar refractivity (Wildman–Crippen MR) is 104 cm³/mol. The van der Waals surface area contributed by atoms with Gasteiger partial charge in [-0.3, -0.25) is 14.6 Å². The minimum atomic E-state index is -1.21. The van der Waals surface area contributed by atoms with Gasteiger partial charge < -0.3 is 9.84 Å². The van der Waals surface area contributed by atoms with Crippen LogP contribution in [0.3, 0.4) is 0 Å². The number of carboxylic acid groups (broad SMARTS) is 1. The van der Waals surface area contributed by atoms with Crippen LogP contribution in [0, 0.1) is 0 Å². The number of rotatable bonds is 4. The van der Waals surface area contributed by atoms with Crippen molar-refractivity contribution < 1.29 is 24.2 Å². The summed E-state index contributed by atoms with van der Waals surface area (Å²) in [6.45, 7) is 0.372. The maximum absolute atomic E-state index is 13.0. The largest absolute Gasteiger partial charge is 0.497 e. The van der Waals surface area contributed by atoms with Crippen LogP contribution >= 0.6 is 0 Å². The third-order valence-corrected chi connectivity index (χ3v) is 4.86. The number of imide groups is 1. The number of ether oxygens (including phenoxy) is 1. The van der Waals surface area contributed by atoms with Gasteiger partial charge in [-0.1, -0.05) is 12.1 Å². The van der Waals surface area contributed by atoms with E-state index >= 15 is 0 Å². The molecule has 1 aromatic heterocycles. The number of hydrogen-bond donors (Lipinski definition) is 1. The lowest BCUT2D eigenvalue weighted by atomic mass is 10.1. The Morgan fingerprint density at radius 3 is 2.62 bits per heavy atom. The number of amides is 3. The highest BCUT2D eigenvalue weighted by molar-refractivity contribution is 6.06. The minimum Gasteiger partial charge on any atom is -0.497 e. The molecule has 0 spiro atoms. The second-order valence-electron chi connectivity index (χ2n) is 6.59. The summed E-state index contributed by atoms with van der Waals surface area (Å²) in [6.07, 6.45) is 0.418. The van der Waals surface area contributed by atoms with Crippen LogP contribution in [0.1, 0.15) is 12.0 Å². The van der Waals surface area contributed by atoms with E-state index in [0.717, 1.165) is 10.2 Å². The Morgan fingerprint density at radius 1 is 1.17 bits per heavy atom. The lowest BCUT2D eigenvalue weighted by molar-refractivity contribution is -0.129. The van der Waals surface area contributed by atoms with Crippen LogP contribution < -0.4 is 9.64 Å². The molecule has 1 aliphatic heterocycles. The van der Waals surface area contributed by atoms with Crippen molar-refractivity contribution in [3.05, 3.63) is 54.2 Å². The van der Waals surface area contributed by atoms with Crippen molar-refractivity contribution in [3.8, 4) is 5.75 Å². The summed E-state index contributed by atoms with van der Waals surface area (Å²) in [5.41, 5.74) is 1.69. The van der Waals surface area contributed by atoms with Gasteiger partial charge in [-0.25, -0.2) is 9.59 Å². The van der Waals surface area contributed by atoms with Gasteiger partial charge in [0.1, 0.15) is 5.75 Å². The molecule has 0 aliphatic carbocycles. The molecular formula is C20H18N4O5. The molecule has 148 valence electrons. The van der Waals surface area contributed by atoms with Gasteiger partial charge in [-0.15, -0.1) is 0 Å². The fourth-order valence-corrected chi connectivity index (χ4v) is 3.33. The number of anilines is 1. The van der Waals surface area contributed by atoms with Crippen LogP contribution in [0.15, 0.2) is 48.7 Å². The molecular weight excluding hydrogens is 376 g/mol. The van der Waals surface area contributed by atoms with Crippen molar-refractivity contribution in [1.82, 2.24) is 14.7 Å². The Hall–Kier alpha value is -3.88. The van der Waals surface area contributed by atoms with E-state index in [-0.39, 0.29) is 25.4 Å². The second-order valence-corrected chi connectivity index (χ2v) is 6.59. The molecule has 1 saturated heterocycles. The van der Waals surface area contributed by atoms with Crippen LogP contribution in [0.25, 0.3) is 10.9 Å². The van der Waals surface area contributed by atoms with E-state index < -0.39 is 12.1 Å². The van der Waals surface area contributed by atoms with Crippen LogP contribution in [0.4, 0.5) is 15.3 Å². The van der Waals surface area contributed by atoms with Gasteiger partial charge in [0.15, 0.2) is 0 Å². The summed E-state index contributed by atoms with van der Waals surface area (Å²) >= 11 is 0. The number of benzene rings is 2. The van der Waals surface area contributed by atoms with Crippen molar-refractivity contribution in [2.24, 2.45) is 0 Å². The van der Waals surface area contributed by atoms with E-state index in [4.69, 9.17) is 4.74 Å². The Morgan fingerprint density at radius 2 is 1.93 bits per heavy atom. The Labute approximate surface area is 165 Å². The molecule has 0 bridgehead atoms. The monoisotopic (exact) mass is 394 g/mol. The molecule has 4 rings (SSSR count). The van der Waals surface area contributed by atoms with Crippen molar-refractivity contribution in [2.75, 3.05) is 18.6 Å². The van der Waals surface area contributed by atoms with E-state index in [9.17, 15) is 19.5 Å². The second kappa shape index (κ2) is 7.27. The maximum Gasteiger partial charge on any atom is 0.432 e. The quantitative estimate of drug-likeness (QED) is 0.729. The Bertz CT molecular complexity index is 1110. The molecule has 1 fully saturated rings. The first-order valence-electron chi connectivity index (χ1n) is 8.94. The van der Waals surface area contributed by atoms with E-state index in [1.807, 2.05) is 0 Å². The van der Waals surface area contributed by atoms with Crippen LogP contribution in [0.2, 0.25) is 0 Å². The molecule has 2 heterocycles. The molecule has 29 heavy (non-hydrogen) atoms. The highest BCUT2D eigenvalue weighted by Crippen LogP contribution is 2.26. The predicted octanol–water partition coefficient (Wildman–Crippen LogP) is 2.93. The highest BCUT2D eigenvalue weighted by Gasteiger charge is 2.33. The summed E-state index contributed by atoms with van der Waals surface area (Å²) in [5, 5.41) is 13.7. The topological polar surface area (TPSA) is 105 Å². The number of urea groups is 1. The maximum atomic E-state index is 13.0. The summed E-state index contributed by atoms with van der Waals surface area (Å²) < 4.78 is 5.98. The first kappa shape index (κ1) is 18.5. The van der Waals surface area contributed by atoms with Crippen LogP contribution in [-0.4, -0.2) is 51.5 Å². The third-order valence-electron chi connectivity index (χ3n) is 4.86. The van der Waals surface area contributed by atoms with Crippen molar-refractivity contribution in [2.45, 2.75) is 13.0 Å². The zero-order chi connectivity index (χ0) is 20.5. The molecule has 3 aromatic rings. The zero-order valence-electron chi connectivity index (χ0n) is 15.6. The smallest absolute Gasteiger partial charge is 0.432 e. The van der Waals surface area contributed by atoms with E-state index in [1.165, 1.54) is 16.0 Å². The summed E-state index contributed by atoms with van der Waals surface area (Å²) in [4.78, 5) is 39.4.